The fraction of sp³-hybridized carbons (Fsp3) is 0.192. The number of benzene rings is 3. The van der Waals surface area contributed by atoms with Gasteiger partial charge in [0.05, 0.1) is 23.1 Å². The van der Waals surface area contributed by atoms with Gasteiger partial charge in [0.1, 0.15) is 6.61 Å². The highest BCUT2D eigenvalue weighted by Crippen LogP contribution is 2.39. The molecule has 0 saturated heterocycles. The van der Waals surface area contributed by atoms with Crippen molar-refractivity contribution in [1.29, 1.82) is 0 Å². The molecule has 4 aromatic rings. The van der Waals surface area contributed by atoms with Crippen LogP contribution in [0, 0.1) is 0 Å². The van der Waals surface area contributed by atoms with Gasteiger partial charge in [-0.2, -0.15) is 31.3 Å². The van der Waals surface area contributed by atoms with Crippen LogP contribution in [0.25, 0.3) is 0 Å². The first-order chi connectivity index (χ1) is 17.9. The van der Waals surface area contributed by atoms with Crippen LogP contribution in [-0.2, 0) is 25.4 Å². The van der Waals surface area contributed by atoms with E-state index in [2.05, 4.69) is 10.3 Å². The predicted octanol–water partition coefficient (Wildman–Crippen LogP) is 7.81. The maximum atomic E-state index is 13.4. The standard InChI is InChI=1S/C26H20F6N2O3S/c1-36-21-11-15(12-22-23(35)34-24(38-22)33-18-5-3-2-4-6-18)7-10-20(21)37-14-16-8-9-17(25(27,28)29)13-19(16)26(30,31)32/h2-11,13,35H,12,14H2,1H3,(H,33,34). The van der Waals surface area contributed by atoms with Crippen LogP contribution in [0.1, 0.15) is 27.1 Å². The Kier molecular flexibility index (Phi) is 7.72. The molecule has 0 atom stereocenters. The molecule has 0 aliphatic carbocycles. The van der Waals surface area contributed by atoms with E-state index >= 15 is 0 Å². The number of nitrogens with zero attached hydrogens (tertiary/aromatic N) is 1. The molecule has 0 unspecified atom stereocenters. The van der Waals surface area contributed by atoms with Gasteiger partial charge in [0.25, 0.3) is 0 Å². The van der Waals surface area contributed by atoms with Crippen molar-refractivity contribution in [3.63, 3.8) is 0 Å². The molecule has 4 rings (SSSR count). The normalized spacial score (nSPS) is 11.9. The molecule has 0 bridgehead atoms. The molecule has 0 fully saturated rings. The van der Waals surface area contributed by atoms with Gasteiger partial charge >= 0.3 is 12.4 Å². The van der Waals surface area contributed by atoms with Crippen LogP contribution in [-0.4, -0.2) is 17.2 Å². The molecule has 1 aromatic heterocycles. The zero-order valence-corrected chi connectivity index (χ0v) is 20.5. The molecule has 5 nitrogen and oxygen atoms in total. The molecule has 1 heterocycles. The average Bonchev–Trinajstić information content (AvgIpc) is 3.20. The quantitative estimate of drug-likeness (QED) is 0.218. The van der Waals surface area contributed by atoms with E-state index in [4.69, 9.17) is 9.47 Å². The fourth-order valence-corrected chi connectivity index (χ4v) is 4.49. The molecule has 12 heteroatoms. The highest BCUT2D eigenvalue weighted by Gasteiger charge is 2.38. The number of halogens is 6. The summed E-state index contributed by atoms with van der Waals surface area (Å²) in [5.74, 6) is 0.161. The Hall–Kier alpha value is -3.93. The lowest BCUT2D eigenvalue weighted by molar-refractivity contribution is -0.143. The number of anilines is 2. The second kappa shape index (κ2) is 10.8. The van der Waals surface area contributed by atoms with E-state index in [1.807, 2.05) is 30.3 Å². The Labute approximate surface area is 217 Å². The molecule has 0 aliphatic rings. The molecule has 2 N–H and O–H groups in total. The molecule has 0 spiro atoms. The zero-order valence-electron chi connectivity index (χ0n) is 19.7. The minimum Gasteiger partial charge on any atom is -0.493 e. The van der Waals surface area contributed by atoms with Gasteiger partial charge in [0, 0.05) is 17.7 Å². The van der Waals surface area contributed by atoms with Crippen LogP contribution in [0.4, 0.5) is 37.2 Å². The molecule has 3 aromatic carbocycles. The summed E-state index contributed by atoms with van der Waals surface area (Å²) in [7, 11) is 1.34. The number of aromatic nitrogens is 1. The number of thiazole rings is 1. The number of nitrogens with one attached hydrogen (secondary N) is 1. The summed E-state index contributed by atoms with van der Waals surface area (Å²) in [5.41, 5.74) is -1.78. The SMILES string of the molecule is COc1cc(Cc2sc(Nc3ccccc3)nc2O)ccc1OCc1ccc(C(F)(F)F)cc1C(F)(F)F. The summed E-state index contributed by atoms with van der Waals surface area (Å²) in [4.78, 5) is 4.69. The van der Waals surface area contributed by atoms with E-state index < -0.39 is 35.6 Å². The van der Waals surface area contributed by atoms with Crippen molar-refractivity contribution < 1.29 is 40.9 Å². The summed E-state index contributed by atoms with van der Waals surface area (Å²) in [6.07, 6.45) is -9.63. The Morgan fingerprint density at radius 1 is 0.895 bits per heavy atom. The van der Waals surface area contributed by atoms with Crippen molar-refractivity contribution in [2.24, 2.45) is 0 Å². The molecule has 0 aliphatic heterocycles. The van der Waals surface area contributed by atoms with Crippen molar-refractivity contribution in [3.8, 4) is 17.4 Å². The minimum absolute atomic E-state index is 0.0709. The van der Waals surface area contributed by atoms with Gasteiger partial charge in [-0.3, -0.25) is 0 Å². The third-order valence-electron chi connectivity index (χ3n) is 5.42. The van der Waals surface area contributed by atoms with Crippen LogP contribution in [0.15, 0.2) is 66.7 Å². The third-order valence-corrected chi connectivity index (χ3v) is 6.38. The summed E-state index contributed by atoms with van der Waals surface area (Å²) in [5, 5.41) is 13.9. The fourth-order valence-electron chi connectivity index (χ4n) is 3.58. The summed E-state index contributed by atoms with van der Waals surface area (Å²) >= 11 is 1.25. The van der Waals surface area contributed by atoms with Crippen molar-refractivity contribution in [1.82, 2.24) is 4.98 Å². The maximum absolute atomic E-state index is 13.4. The monoisotopic (exact) mass is 554 g/mol. The van der Waals surface area contributed by atoms with E-state index in [1.165, 1.54) is 24.5 Å². The highest BCUT2D eigenvalue weighted by molar-refractivity contribution is 7.16. The first-order valence-electron chi connectivity index (χ1n) is 11.0. The first-order valence-corrected chi connectivity index (χ1v) is 11.8. The summed E-state index contributed by atoms with van der Waals surface area (Å²) < 4.78 is 89.8. The van der Waals surface area contributed by atoms with Gasteiger partial charge in [-0.05, 0) is 42.0 Å². The molecule has 0 amide bonds. The van der Waals surface area contributed by atoms with E-state index in [0.717, 1.165) is 11.8 Å². The highest BCUT2D eigenvalue weighted by atomic mass is 32.1. The molecule has 0 radical (unpaired) electrons. The maximum Gasteiger partial charge on any atom is 0.416 e. The Morgan fingerprint density at radius 3 is 2.29 bits per heavy atom. The largest absolute Gasteiger partial charge is 0.493 e. The average molecular weight is 555 g/mol. The number of ether oxygens (including phenoxy) is 2. The number of alkyl halides is 6. The minimum atomic E-state index is -5.00. The van der Waals surface area contributed by atoms with E-state index in [1.54, 1.807) is 12.1 Å². The van der Waals surface area contributed by atoms with E-state index in [9.17, 15) is 31.4 Å². The number of hydrogen-bond acceptors (Lipinski definition) is 6. The lowest BCUT2D eigenvalue weighted by Crippen LogP contribution is -2.14. The topological polar surface area (TPSA) is 63.6 Å². The Balaban J connectivity index is 1.50. The van der Waals surface area contributed by atoms with Gasteiger partial charge in [-0.25, -0.2) is 0 Å². The molecular weight excluding hydrogens is 534 g/mol. The van der Waals surface area contributed by atoms with Crippen LogP contribution in [0.3, 0.4) is 0 Å². The van der Waals surface area contributed by atoms with E-state index in [0.29, 0.717) is 21.6 Å². The van der Waals surface area contributed by atoms with Crippen molar-refractivity contribution >= 4 is 22.2 Å². The predicted molar refractivity (Wildman–Crippen MR) is 130 cm³/mol. The third kappa shape index (κ3) is 6.49. The second-order valence-electron chi connectivity index (χ2n) is 8.07. The zero-order chi connectivity index (χ0) is 27.5. The van der Waals surface area contributed by atoms with Crippen LogP contribution in [0.5, 0.6) is 17.4 Å². The molecule has 200 valence electrons. The molecule has 0 saturated carbocycles. The van der Waals surface area contributed by atoms with Crippen LogP contribution >= 0.6 is 11.3 Å². The lowest BCUT2D eigenvalue weighted by Gasteiger charge is -2.17. The van der Waals surface area contributed by atoms with Gasteiger partial charge in [0.2, 0.25) is 5.88 Å². The van der Waals surface area contributed by atoms with Gasteiger partial charge in [0.15, 0.2) is 16.6 Å². The van der Waals surface area contributed by atoms with Gasteiger partial charge < -0.3 is 19.9 Å². The Bertz CT molecular complexity index is 1400. The summed E-state index contributed by atoms with van der Waals surface area (Å²) in [6.45, 7) is -0.632. The second-order valence-corrected chi connectivity index (χ2v) is 9.16. The van der Waals surface area contributed by atoms with E-state index in [-0.39, 0.29) is 29.9 Å². The van der Waals surface area contributed by atoms with Crippen LogP contribution < -0.4 is 14.8 Å². The summed E-state index contributed by atoms with van der Waals surface area (Å²) in [6, 6.07) is 15.4. The molecular formula is C26H20F6N2O3S. The Morgan fingerprint density at radius 2 is 1.63 bits per heavy atom. The number of rotatable bonds is 8. The smallest absolute Gasteiger partial charge is 0.416 e. The van der Waals surface area contributed by atoms with Gasteiger partial charge in [-0.15, -0.1) is 0 Å². The number of para-hydroxylation sites is 1. The molecule has 38 heavy (non-hydrogen) atoms. The van der Waals surface area contributed by atoms with Crippen molar-refractivity contribution in [3.05, 3.63) is 93.9 Å². The number of aromatic hydroxyl groups is 1. The number of methoxy groups -OCH3 is 1. The van der Waals surface area contributed by atoms with Gasteiger partial charge in [-0.1, -0.05) is 41.7 Å². The van der Waals surface area contributed by atoms with Crippen molar-refractivity contribution in [2.45, 2.75) is 25.4 Å². The first kappa shape index (κ1) is 27.1. The van der Waals surface area contributed by atoms with Crippen molar-refractivity contribution in [2.75, 3.05) is 12.4 Å². The number of hydrogen-bond donors (Lipinski definition) is 2. The lowest BCUT2D eigenvalue weighted by atomic mass is 10.0. The van der Waals surface area contributed by atoms with Crippen LogP contribution in [0.2, 0.25) is 0 Å².